The van der Waals surface area contributed by atoms with E-state index in [1.165, 1.54) is 19.3 Å². The van der Waals surface area contributed by atoms with Crippen molar-refractivity contribution in [3.63, 3.8) is 0 Å². The fraction of sp³-hybridized carbons (Fsp3) is 0.556. The standard InChI is InChI=1S/C18H26O4.Na.H/c1-2-3-4-5-6-7-11-14-18(16(19)20,17(21)22)15-12-9-8-10-13-15;;/h8-10,12-13H,2-7,11,14H2,1H3,(H,19,20)(H,21,22);;. The monoisotopic (exact) mass is 330 g/mol. The van der Waals surface area contributed by atoms with Gasteiger partial charge in [0.2, 0.25) is 0 Å². The third-order valence-corrected chi connectivity index (χ3v) is 4.15. The second-order valence-electron chi connectivity index (χ2n) is 5.75. The van der Waals surface area contributed by atoms with Gasteiger partial charge in [0.05, 0.1) is 0 Å². The summed E-state index contributed by atoms with van der Waals surface area (Å²) in [6, 6.07) is 8.29. The van der Waals surface area contributed by atoms with Crippen LogP contribution in [0, 0.1) is 0 Å². The molecule has 1 aromatic rings. The molecule has 0 aliphatic carbocycles. The topological polar surface area (TPSA) is 74.6 Å². The summed E-state index contributed by atoms with van der Waals surface area (Å²) in [4.78, 5) is 23.4. The number of unbranched alkanes of at least 4 members (excludes halogenated alkanes) is 6. The van der Waals surface area contributed by atoms with E-state index in [0.717, 1.165) is 19.3 Å². The molecular formula is C18H27NaO4. The van der Waals surface area contributed by atoms with Gasteiger partial charge in [-0.1, -0.05) is 82.2 Å². The van der Waals surface area contributed by atoms with Crippen LogP contribution < -0.4 is 0 Å². The third kappa shape index (κ3) is 6.28. The van der Waals surface area contributed by atoms with Crippen molar-refractivity contribution in [3.8, 4) is 0 Å². The van der Waals surface area contributed by atoms with Crippen molar-refractivity contribution in [2.45, 2.75) is 63.7 Å². The van der Waals surface area contributed by atoms with Gasteiger partial charge in [0.1, 0.15) is 0 Å². The average Bonchev–Trinajstić information content (AvgIpc) is 2.50. The van der Waals surface area contributed by atoms with E-state index in [4.69, 9.17) is 0 Å². The van der Waals surface area contributed by atoms with Gasteiger partial charge in [-0.2, -0.15) is 0 Å². The summed E-state index contributed by atoms with van der Waals surface area (Å²) in [5.74, 6) is -2.56. The number of rotatable bonds is 11. The van der Waals surface area contributed by atoms with Gasteiger partial charge in [-0.3, -0.25) is 9.59 Å². The van der Waals surface area contributed by atoms with Gasteiger partial charge >= 0.3 is 41.5 Å². The molecule has 124 valence electrons. The summed E-state index contributed by atoms with van der Waals surface area (Å²) in [5.41, 5.74) is -1.48. The second-order valence-corrected chi connectivity index (χ2v) is 5.75. The van der Waals surface area contributed by atoms with Crippen LogP contribution in [0.15, 0.2) is 30.3 Å². The zero-order valence-electron chi connectivity index (χ0n) is 13.3. The maximum absolute atomic E-state index is 11.7. The molecule has 0 amide bonds. The fourth-order valence-electron chi connectivity index (χ4n) is 2.77. The molecule has 1 rings (SSSR count). The van der Waals surface area contributed by atoms with Crippen LogP contribution in [0.5, 0.6) is 0 Å². The molecule has 0 heterocycles. The van der Waals surface area contributed by atoms with E-state index in [0.29, 0.717) is 12.0 Å². The van der Waals surface area contributed by atoms with Crippen LogP contribution in [0.25, 0.3) is 0 Å². The molecule has 1 aromatic carbocycles. The summed E-state index contributed by atoms with van der Waals surface area (Å²) in [6.45, 7) is 2.16. The SMILES string of the molecule is CCCCCCCCCC(C(=O)O)(C(=O)O)c1ccccc1.[NaH]. The Kier molecular flexibility index (Phi) is 11.2. The van der Waals surface area contributed by atoms with Crippen molar-refractivity contribution < 1.29 is 19.8 Å². The van der Waals surface area contributed by atoms with Gasteiger partial charge in [-0.05, 0) is 12.0 Å². The van der Waals surface area contributed by atoms with E-state index in [9.17, 15) is 19.8 Å². The first kappa shape index (κ1) is 22.2. The van der Waals surface area contributed by atoms with E-state index in [1.807, 2.05) is 0 Å². The molecule has 0 unspecified atom stereocenters. The molecular weight excluding hydrogens is 303 g/mol. The molecule has 0 aliphatic rings. The number of benzene rings is 1. The summed E-state index contributed by atoms with van der Waals surface area (Å²) in [7, 11) is 0. The predicted molar refractivity (Wildman–Crippen MR) is 93.2 cm³/mol. The minimum absolute atomic E-state index is 0. The predicted octanol–water partition coefficient (Wildman–Crippen LogP) is 3.59. The van der Waals surface area contributed by atoms with Gasteiger partial charge in [0.15, 0.2) is 5.41 Å². The molecule has 23 heavy (non-hydrogen) atoms. The van der Waals surface area contributed by atoms with Gasteiger partial charge in [0.25, 0.3) is 0 Å². The van der Waals surface area contributed by atoms with Crippen molar-refractivity contribution in [1.29, 1.82) is 0 Å². The molecule has 0 aliphatic heterocycles. The molecule has 0 saturated heterocycles. The van der Waals surface area contributed by atoms with E-state index in [2.05, 4.69) is 6.92 Å². The Morgan fingerprint density at radius 2 is 1.35 bits per heavy atom. The molecule has 0 atom stereocenters. The van der Waals surface area contributed by atoms with E-state index in [-0.39, 0.29) is 36.0 Å². The van der Waals surface area contributed by atoms with E-state index in [1.54, 1.807) is 30.3 Å². The van der Waals surface area contributed by atoms with Crippen molar-refractivity contribution >= 4 is 41.5 Å². The second kappa shape index (κ2) is 11.7. The van der Waals surface area contributed by atoms with Crippen LogP contribution in [0.2, 0.25) is 0 Å². The molecule has 0 bridgehead atoms. The van der Waals surface area contributed by atoms with Gasteiger partial charge in [-0.15, -0.1) is 0 Å². The Balaban J connectivity index is 0.00000484. The van der Waals surface area contributed by atoms with Crippen molar-refractivity contribution in [3.05, 3.63) is 35.9 Å². The minimum atomic E-state index is -1.83. The Morgan fingerprint density at radius 1 is 0.870 bits per heavy atom. The summed E-state index contributed by atoms with van der Waals surface area (Å²) in [5, 5.41) is 19.1. The molecule has 5 heteroatoms. The van der Waals surface area contributed by atoms with Crippen LogP contribution in [-0.4, -0.2) is 51.7 Å². The molecule has 2 N–H and O–H groups in total. The molecule has 0 radical (unpaired) electrons. The third-order valence-electron chi connectivity index (χ3n) is 4.15. The Labute approximate surface area is 160 Å². The zero-order valence-corrected chi connectivity index (χ0v) is 13.3. The van der Waals surface area contributed by atoms with Crippen molar-refractivity contribution in [1.82, 2.24) is 0 Å². The number of aliphatic carboxylic acids is 2. The first-order chi connectivity index (χ1) is 10.6. The number of hydrogen-bond acceptors (Lipinski definition) is 2. The zero-order chi connectivity index (χ0) is 16.4. The summed E-state index contributed by atoms with van der Waals surface area (Å²) >= 11 is 0. The molecule has 0 fully saturated rings. The first-order valence-electron chi connectivity index (χ1n) is 8.08. The average molecular weight is 330 g/mol. The fourth-order valence-corrected chi connectivity index (χ4v) is 2.77. The molecule has 0 saturated carbocycles. The molecule has 4 nitrogen and oxygen atoms in total. The van der Waals surface area contributed by atoms with Gasteiger partial charge in [0, 0.05) is 0 Å². The van der Waals surface area contributed by atoms with Gasteiger partial charge in [-0.25, -0.2) is 0 Å². The van der Waals surface area contributed by atoms with Crippen LogP contribution in [0.4, 0.5) is 0 Å². The number of carboxylic acids is 2. The summed E-state index contributed by atoms with van der Waals surface area (Å²) in [6.07, 6.45) is 7.38. The van der Waals surface area contributed by atoms with Gasteiger partial charge < -0.3 is 10.2 Å². The van der Waals surface area contributed by atoms with E-state index < -0.39 is 17.4 Å². The number of carbonyl (C=O) groups is 2. The Hall–Kier alpha value is -0.840. The van der Waals surface area contributed by atoms with Crippen molar-refractivity contribution in [2.75, 3.05) is 0 Å². The van der Waals surface area contributed by atoms with E-state index >= 15 is 0 Å². The van der Waals surface area contributed by atoms with Crippen molar-refractivity contribution in [2.24, 2.45) is 0 Å². The number of carboxylic acid groups (broad SMARTS) is 2. The number of hydrogen-bond donors (Lipinski definition) is 2. The van der Waals surface area contributed by atoms with Crippen LogP contribution >= 0.6 is 0 Å². The first-order valence-corrected chi connectivity index (χ1v) is 8.08. The van der Waals surface area contributed by atoms with Crippen LogP contribution in [0.1, 0.15) is 63.9 Å². The molecule has 0 aromatic heterocycles. The Morgan fingerprint density at radius 3 is 1.83 bits per heavy atom. The molecule has 0 spiro atoms. The Bertz CT molecular complexity index is 459. The summed E-state index contributed by atoms with van der Waals surface area (Å²) < 4.78 is 0. The van der Waals surface area contributed by atoms with Crippen LogP contribution in [0.3, 0.4) is 0 Å². The normalized spacial score (nSPS) is 10.8. The quantitative estimate of drug-likeness (QED) is 0.369. The van der Waals surface area contributed by atoms with Crippen LogP contribution in [-0.2, 0) is 15.0 Å². The maximum atomic E-state index is 11.7.